The van der Waals surface area contributed by atoms with Crippen LogP contribution in [0.2, 0.25) is 0 Å². The summed E-state index contributed by atoms with van der Waals surface area (Å²) in [5, 5.41) is 13.3. The summed E-state index contributed by atoms with van der Waals surface area (Å²) >= 11 is 0. The number of likely N-dealkylation sites (N-methyl/N-ethyl adjacent to an activating group) is 1. The molecule has 0 bridgehead atoms. The van der Waals surface area contributed by atoms with Gasteiger partial charge in [0.15, 0.2) is 0 Å². The number of rotatable bonds is 6. The number of aliphatic hydroxyl groups excluding tert-OH is 1. The lowest BCUT2D eigenvalue weighted by Gasteiger charge is -2.30. The Morgan fingerprint density at radius 1 is 1.59 bits per heavy atom. The van der Waals surface area contributed by atoms with Crippen LogP contribution in [0, 0.1) is 0 Å². The van der Waals surface area contributed by atoms with Crippen molar-refractivity contribution in [2.24, 2.45) is 16.5 Å². The van der Waals surface area contributed by atoms with Crippen LogP contribution in [0.25, 0.3) is 0 Å². The molecule has 1 unspecified atom stereocenters. The van der Waals surface area contributed by atoms with Crippen LogP contribution in [0.15, 0.2) is 4.99 Å². The van der Waals surface area contributed by atoms with Crippen molar-refractivity contribution < 1.29 is 19.5 Å². The molecule has 7 N–H and O–H groups in total. The Bertz CT molecular complexity index is 467. The maximum Gasteiger partial charge on any atom is 0.318 e. The minimum atomic E-state index is -0.836. The van der Waals surface area contributed by atoms with E-state index in [4.69, 9.17) is 16.6 Å². The van der Waals surface area contributed by atoms with E-state index in [1.807, 2.05) is 0 Å². The lowest BCUT2D eigenvalue weighted by atomic mass is 10.1. The number of hydrogen-bond donors (Lipinski definition) is 5. The van der Waals surface area contributed by atoms with Gasteiger partial charge in [-0.1, -0.05) is 0 Å². The van der Waals surface area contributed by atoms with Crippen molar-refractivity contribution >= 4 is 23.8 Å². The molecule has 0 radical (unpaired) electrons. The monoisotopic (exact) mass is 314 g/mol. The Kier molecular flexibility index (Phi) is 6.73. The number of guanidine groups is 1. The number of primary amides is 1. The highest BCUT2D eigenvalue weighted by Crippen LogP contribution is 2.07. The number of amides is 4. The van der Waals surface area contributed by atoms with Crippen molar-refractivity contribution in [1.29, 1.82) is 0 Å². The summed E-state index contributed by atoms with van der Waals surface area (Å²) in [4.78, 5) is 39.9. The van der Waals surface area contributed by atoms with Crippen molar-refractivity contribution in [2.45, 2.75) is 31.3 Å². The molecule has 10 heteroatoms. The zero-order valence-corrected chi connectivity index (χ0v) is 12.4. The second-order valence-corrected chi connectivity index (χ2v) is 5.02. The van der Waals surface area contributed by atoms with E-state index in [-0.39, 0.29) is 37.5 Å². The van der Waals surface area contributed by atoms with Crippen molar-refractivity contribution in [2.75, 3.05) is 20.2 Å². The molecule has 0 aromatic rings. The van der Waals surface area contributed by atoms with Crippen LogP contribution in [-0.4, -0.2) is 66.1 Å². The number of aliphatic imine (C=N–C) groups is 1. The first-order valence-electron chi connectivity index (χ1n) is 6.89. The molecule has 10 nitrogen and oxygen atoms in total. The first-order chi connectivity index (χ1) is 10.3. The largest absolute Gasteiger partial charge is 0.396 e. The average molecular weight is 314 g/mol. The van der Waals surface area contributed by atoms with Crippen molar-refractivity contribution in [3.63, 3.8) is 0 Å². The average Bonchev–Trinajstić information content (AvgIpc) is 2.43. The van der Waals surface area contributed by atoms with Gasteiger partial charge in [-0.05, 0) is 12.8 Å². The van der Waals surface area contributed by atoms with Gasteiger partial charge in [0, 0.05) is 26.1 Å². The van der Waals surface area contributed by atoms with Gasteiger partial charge in [-0.25, -0.2) is 9.79 Å². The number of hydrogen-bond acceptors (Lipinski definition) is 6. The van der Waals surface area contributed by atoms with Crippen LogP contribution in [0.3, 0.4) is 0 Å². The van der Waals surface area contributed by atoms with Crippen molar-refractivity contribution in [1.82, 2.24) is 15.5 Å². The fourth-order valence-electron chi connectivity index (χ4n) is 1.98. The number of carbonyl (C=O) groups is 3. The minimum Gasteiger partial charge on any atom is -0.396 e. The Morgan fingerprint density at radius 2 is 2.27 bits per heavy atom. The molecule has 4 amide bonds. The molecule has 1 aliphatic heterocycles. The first-order valence-corrected chi connectivity index (χ1v) is 6.89. The van der Waals surface area contributed by atoms with E-state index < -0.39 is 18.0 Å². The lowest BCUT2D eigenvalue weighted by Crippen LogP contribution is -2.58. The van der Waals surface area contributed by atoms with E-state index in [2.05, 4.69) is 15.6 Å². The van der Waals surface area contributed by atoms with Crippen LogP contribution in [0.1, 0.15) is 19.3 Å². The van der Waals surface area contributed by atoms with Gasteiger partial charge in [0.25, 0.3) is 5.91 Å². The van der Waals surface area contributed by atoms with Crippen molar-refractivity contribution in [3.05, 3.63) is 0 Å². The van der Waals surface area contributed by atoms with E-state index >= 15 is 0 Å². The van der Waals surface area contributed by atoms with Gasteiger partial charge in [-0.2, -0.15) is 0 Å². The fourth-order valence-corrected chi connectivity index (χ4v) is 1.98. The third kappa shape index (κ3) is 5.30. The molecule has 1 aliphatic rings. The lowest BCUT2D eigenvalue weighted by molar-refractivity contribution is -0.138. The highest BCUT2D eigenvalue weighted by Gasteiger charge is 2.31. The topological polar surface area (TPSA) is 163 Å². The highest BCUT2D eigenvalue weighted by molar-refractivity contribution is 6.07. The molecule has 0 aromatic carbocycles. The molecule has 0 aliphatic carbocycles. The third-order valence-electron chi connectivity index (χ3n) is 3.24. The van der Waals surface area contributed by atoms with Crippen LogP contribution >= 0.6 is 0 Å². The Labute approximate surface area is 127 Å². The maximum absolute atomic E-state index is 12.1. The quantitative estimate of drug-likeness (QED) is 0.364. The minimum absolute atomic E-state index is 0.0209. The smallest absolute Gasteiger partial charge is 0.318 e. The summed E-state index contributed by atoms with van der Waals surface area (Å²) < 4.78 is 0. The summed E-state index contributed by atoms with van der Waals surface area (Å²) in [5.74, 6) is -0.778. The molecular formula is C12H22N6O4. The zero-order chi connectivity index (χ0) is 16.7. The van der Waals surface area contributed by atoms with Gasteiger partial charge >= 0.3 is 6.03 Å². The highest BCUT2D eigenvalue weighted by atomic mass is 16.3. The van der Waals surface area contributed by atoms with Gasteiger partial charge < -0.3 is 21.5 Å². The third-order valence-corrected chi connectivity index (χ3v) is 3.24. The first kappa shape index (κ1) is 17.9. The Morgan fingerprint density at radius 3 is 2.82 bits per heavy atom. The Hall–Kier alpha value is -2.20. The summed E-state index contributed by atoms with van der Waals surface area (Å²) in [6, 6.07) is -1.97. The molecular weight excluding hydrogens is 292 g/mol. The van der Waals surface area contributed by atoms with E-state index in [9.17, 15) is 14.4 Å². The summed E-state index contributed by atoms with van der Waals surface area (Å²) in [6.07, 6.45) is 1.13. The number of nitrogens with one attached hydrogen (secondary N) is 2. The van der Waals surface area contributed by atoms with E-state index in [1.54, 1.807) is 0 Å². The predicted octanol–water partition coefficient (Wildman–Crippen LogP) is -2.54. The summed E-state index contributed by atoms with van der Waals surface area (Å²) in [5.41, 5.74) is 10.7. The normalized spacial score (nSPS) is 19.0. The molecule has 0 saturated heterocycles. The standard InChI is InChI=1S/C12H22N6O4/c1-18(9(20)5-7(13)3-2-4-19)8-6-15-12(16-10(8)21)17-11(14)22/h7-8,19H,2-6,13H2,1H3,(H4,14,15,16,17,21,22)/t7?,8-/m0/s1. The molecule has 1 heterocycles. The van der Waals surface area contributed by atoms with Gasteiger partial charge in [0.05, 0.1) is 6.54 Å². The number of carbonyl (C=O) groups excluding carboxylic acids is 3. The summed E-state index contributed by atoms with van der Waals surface area (Å²) in [7, 11) is 1.49. The van der Waals surface area contributed by atoms with Gasteiger partial charge in [0.2, 0.25) is 11.9 Å². The maximum atomic E-state index is 12.1. The molecule has 2 atom stereocenters. The molecule has 22 heavy (non-hydrogen) atoms. The van der Waals surface area contributed by atoms with Crippen LogP contribution in [0.4, 0.5) is 4.79 Å². The molecule has 0 saturated carbocycles. The second kappa shape index (κ2) is 8.29. The molecule has 124 valence electrons. The van der Waals surface area contributed by atoms with E-state index in [0.29, 0.717) is 12.8 Å². The number of aliphatic hydroxyl groups is 1. The van der Waals surface area contributed by atoms with E-state index in [0.717, 1.165) is 0 Å². The Balaban J connectivity index is 2.56. The van der Waals surface area contributed by atoms with Gasteiger partial charge in [-0.15, -0.1) is 0 Å². The fraction of sp³-hybridized carbons (Fsp3) is 0.667. The summed E-state index contributed by atoms with van der Waals surface area (Å²) in [6.45, 7) is 0.0443. The number of nitrogens with two attached hydrogens (primary N) is 2. The predicted molar refractivity (Wildman–Crippen MR) is 78.6 cm³/mol. The molecule has 0 aromatic heterocycles. The molecule has 0 fully saturated rings. The van der Waals surface area contributed by atoms with Gasteiger partial charge in [-0.3, -0.25) is 20.2 Å². The van der Waals surface area contributed by atoms with Crippen LogP contribution in [-0.2, 0) is 9.59 Å². The molecule has 0 spiro atoms. The number of urea groups is 1. The molecule has 1 rings (SSSR count). The van der Waals surface area contributed by atoms with Crippen molar-refractivity contribution in [3.8, 4) is 0 Å². The van der Waals surface area contributed by atoms with Crippen LogP contribution < -0.4 is 22.1 Å². The van der Waals surface area contributed by atoms with E-state index in [1.165, 1.54) is 11.9 Å². The van der Waals surface area contributed by atoms with Crippen LogP contribution in [0.5, 0.6) is 0 Å². The SMILES string of the molecule is CN(C(=O)CC(N)CCCO)[C@H]1CN=C(NC(N)=O)NC1=O. The zero-order valence-electron chi connectivity index (χ0n) is 12.4. The number of nitrogens with zero attached hydrogens (tertiary/aromatic N) is 2. The van der Waals surface area contributed by atoms with Gasteiger partial charge in [0.1, 0.15) is 6.04 Å². The second-order valence-electron chi connectivity index (χ2n) is 5.02.